The Balaban J connectivity index is 2.99. The Hall–Kier alpha value is -0.440. The molecule has 0 heterocycles. The van der Waals surface area contributed by atoms with Crippen LogP contribution in [0.5, 0.6) is 0 Å². The molecule has 0 aliphatic carbocycles. The molecule has 0 fully saturated rings. The molecule has 0 spiro atoms. The van der Waals surface area contributed by atoms with Crippen molar-refractivity contribution in [2.75, 3.05) is 13.2 Å². The van der Waals surface area contributed by atoms with Gasteiger partial charge in [-0.3, -0.25) is 4.79 Å². The number of ketones is 1. The summed E-state index contributed by atoms with van der Waals surface area (Å²) in [7, 11) is 0. The highest BCUT2D eigenvalue weighted by Crippen LogP contribution is 1.66. The van der Waals surface area contributed by atoms with Gasteiger partial charge in [-0.15, -0.1) is 0 Å². The Labute approximate surface area is 35.1 Å². The standard InChI is InChI=1S/C3H5FNO/c4-1-3(6)2-5/h5H,1-2H2. The van der Waals surface area contributed by atoms with E-state index in [4.69, 9.17) is 5.73 Å². The van der Waals surface area contributed by atoms with Crippen LogP contribution < -0.4 is 5.73 Å². The van der Waals surface area contributed by atoms with Crippen LogP contribution in [-0.4, -0.2) is 19.0 Å². The molecular weight excluding hydrogens is 85.0 g/mol. The molecule has 0 bridgehead atoms. The second-order valence-electron chi connectivity index (χ2n) is 0.849. The van der Waals surface area contributed by atoms with E-state index in [0.717, 1.165) is 0 Å². The predicted octanol–water partition coefficient (Wildman–Crippen LogP) is -0.192. The van der Waals surface area contributed by atoms with Crippen LogP contribution in [-0.2, 0) is 4.79 Å². The van der Waals surface area contributed by atoms with Gasteiger partial charge < -0.3 is 0 Å². The normalized spacial score (nSPS) is 8.33. The van der Waals surface area contributed by atoms with Crippen LogP contribution in [0.3, 0.4) is 0 Å². The maximum atomic E-state index is 10.9. The Kier molecular flexibility index (Phi) is 2.58. The van der Waals surface area contributed by atoms with Crippen LogP contribution in [0.25, 0.3) is 0 Å². The van der Waals surface area contributed by atoms with Gasteiger partial charge in [0.2, 0.25) is 0 Å². The van der Waals surface area contributed by atoms with Gasteiger partial charge in [-0.25, -0.2) is 10.1 Å². The van der Waals surface area contributed by atoms with Gasteiger partial charge in [0.05, 0.1) is 6.54 Å². The summed E-state index contributed by atoms with van der Waals surface area (Å²) in [4.78, 5) is 9.62. The second kappa shape index (κ2) is 2.78. The number of Topliss-reactive ketones (excluding diaryl/α,β-unsaturated/α-hetero) is 1. The summed E-state index contributed by atoms with van der Waals surface area (Å²) >= 11 is 0. The molecule has 0 saturated heterocycles. The van der Waals surface area contributed by atoms with Crippen molar-refractivity contribution < 1.29 is 9.18 Å². The van der Waals surface area contributed by atoms with Crippen molar-refractivity contribution >= 4 is 5.78 Å². The molecule has 0 aliphatic rings. The first kappa shape index (κ1) is 5.56. The summed E-state index contributed by atoms with van der Waals surface area (Å²) in [6.45, 7) is -1.43. The lowest BCUT2D eigenvalue weighted by atomic mass is 10.4. The SMILES string of the molecule is [NH]CC(=O)CF. The Morgan fingerprint density at radius 3 is 2.33 bits per heavy atom. The minimum atomic E-state index is -0.997. The fraction of sp³-hybridized carbons (Fsp3) is 0.667. The molecule has 0 aromatic carbocycles. The number of hydrogen-bond donors (Lipinski definition) is 0. The van der Waals surface area contributed by atoms with Gasteiger partial charge >= 0.3 is 0 Å². The van der Waals surface area contributed by atoms with Crippen molar-refractivity contribution in [2.24, 2.45) is 0 Å². The maximum absolute atomic E-state index is 10.9. The summed E-state index contributed by atoms with van der Waals surface area (Å²) in [5.74, 6) is -0.657. The molecule has 2 nitrogen and oxygen atoms in total. The molecule has 0 saturated carbocycles. The van der Waals surface area contributed by atoms with Gasteiger partial charge in [0.15, 0.2) is 5.78 Å². The molecule has 0 atom stereocenters. The molecular formula is C3H5FNO. The number of nitrogens with one attached hydrogen (secondary N) is 1. The smallest absolute Gasteiger partial charge is 0.178 e. The van der Waals surface area contributed by atoms with E-state index >= 15 is 0 Å². The summed E-state index contributed by atoms with van der Waals surface area (Å²) in [5.41, 5.74) is 6.22. The van der Waals surface area contributed by atoms with Gasteiger partial charge in [0.25, 0.3) is 0 Å². The summed E-state index contributed by atoms with van der Waals surface area (Å²) in [6, 6.07) is 0. The van der Waals surface area contributed by atoms with Crippen molar-refractivity contribution in [3.8, 4) is 0 Å². The Bertz CT molecular complexity index is 48.8. The van der Waals surface area contributed by atoms with E-state index in [9.17, 15) is 9.18 Å². The lowest BCUT2D eigenvalue weighted by Crippen LogP contribution is -2.05. The first-order valence-electron chi connectivity index (χ1n) is 1.53. The molecule has 1 N–H and O–H groups in total. The fourth-order valence-corrected chi connectivity index (χ4v) is 0.0472. The van der Waals surface area contributed by atoms with Gasteiger partial charge in [0, 0.05) is 0 Å². The molecule has 3 heteroatoms. The van der Waals surface area contributed by atoms with E-state index < -0.39 is 19.0 Å². The summed E-state index contributed by atoms with van der Waals surface area (Å²) in [5, 5.41) is 0. The van der Waals surface area contributed by atoms with E-state index in [2.05, 4.69) is 0 Å². The molecule has 0 unspecified atom stereocenters. The third-order valence-electron chi connectivity index (χ3n) is 0.346. The molecule has 0 amide bonds. The highest BCUT2D eigenvalue weighted by atomic mass is 19.1. The minimum Gasteiger partial charge on any atom is -0.295 e. The van der Waals surface area contributed by atoms with Crippen LogP contribution in [0.1, 0.15) is 0 Å². The molecule has 0 aromatic rings. The average Bonchev–Trinajstić information content (AvgIpc) is 1.65. The predicted molar refractivity (Wildman–Crippen MR) is 18.9 cm³/mol. The lowest BCUT2D eigenvalue weighted by Gasteiger charge is -1.78. The van der Waals surface area contributed by atoms with E-state index in [-0.39, 0.29) is 0 Å². The van der Waals surface area contributed by atoms with E-state index in [1.807, 2.05) is 0 Å². The molecule has 0 rings (SSSR count). The van der Waals surface area contributed by atoms with Crippen molar-refractivity contribution in [3.63, 3.8) is 0 Å². The highest BCUT2D eigenvalue weighted by molar-refractivity contribution is 5.81. The van der Waals surface area contributed by atoms with E-state index in [1.54, 1.807) is 0 Å². The fourth-order valence-electron chi connectivity index (χ4n) is 0.0472. The molecule has 0 aliphatic heterocycles. The zero-order valence-corrected chi connectivity index (χ0v) is 3.20. The minimum absolute atomic E-state index is 0.434. The number of alkyl halides is 1. The van der Waals surface area contributed by atoms with Crippen molar-refractivity contribution in [1.82, 2.24) is 5.73 Å². The van der Waals surface area contributed by atoms with Gasteiger partial charge in [-0.05, 0) is 0 Å². The van der Waals surface area contributed by atoms with Crippen molar-refractivity contribution in [2.45, 2.75) is 0 Å². The number of carbonyl (C=O) groups is 1. The van der Waals surface area contributed by atoms with Crippen LogP contribution in [0, 0.1) is 0 Å². The highest BCUT2D eigenvalue weighted by Gasteiger charge is 1.91. The third-order valence-corrected chi connectivity index (χ3v) is 0.346. The number of halogens is 1. The van der Waals surface area contributed by atoms with Gasteiger partial charge in [-0.1, -0.05) is 0 Å². The lowest BCUT2D eigenvalue weighted by molar-refractivity contribution is -0.118. The summed E-state index contributed by atoms with van der Waals surface area (Å²) in [6.07, 6.45) is 0. The first-order valence-corrected chi connectivity index (χ1v) is 1.53. The Morgan fingerprint density at radius 2 is 2.33 bits per heavy atom. The number of rotatable bonds is 2. The monoisotopic (exact) mass is 90.0 g/mol. The zero-order valence-electron chi connectivity index (χ0n) is 3.20. The largest absolute Gasteiger partial charge is 0.295 e. The van der Waals surface area contributed by atoms with Gasteiger partial charge in [-0.2, -0.15) is 0 Å². The van der Waals surface area contributed by atoms with E-state index in [1.165, 1.54) is 0 Å². The maximum Gasteiger partial charge on any atom is 0.178 e. The van der Waals surface area contributed by atoms with Crippen LogP contribution in [0.15, 0.2) is 0 Å². The molecule has 0 aromatic heterocycles. The molecule has 1 radical (unpaired) electrons. The van der Waals surface area contributed by atoms with Gasteiger partial charge in [0.1, 0.15) is 6.67 Å². The zero-order chi connectivity index (χ0) is 4.99. The quantitative estimate of drug-likeness (QED) is 0.463. The third kappa shape index (κ3) is 1.84. The first-order chi connectivity index (χ1) is 2.81. The van der Waals surface area contributed by atoms with E-state index in [0.29, 0.717) is 0 Å². The Morgan fingerprint density at radius 1 is 1.83 bits per heavy atom. The molecule has 6 heavy (non-hydrogen) atoms. The van der Waals surface area contributed by atoms with Crippen LogP contribution in [0.2, 0.25) is 0 Å². The number of carbonyl (C=O) groups excluding carboxylic acids is 1. The van der Waals surface area contributed by atoms with Crippen molar-refractivity contribution in [1.29, 1.82) is 0 Å². The topological polar surface area (TPSA) is 40.9 Å². The average molecular weight is 90.1 g/mol. The molecule has 35 valence electrons. The second-order valence-corrected chi connectivity index (χ2v) is 0.849. The van der Waals surface area contributed by atoms with Crippen LogP contribution >= 0.6 is 0 Å². The van der Waals surface area contributed by atoms with Crippen LogP contribution in [0.4, 0.5) is 4.39 Å². The number of hydrogen-bond acceptors (Lipinski definition) is 1. The van der Waals surface area contributed by atoms with Crippen molar-refractivity contribution in [3.05, 3.63) is 0 Å². The summed E-state index contributed by atoms with van der Waals surface area (Å²) < 4.78 is 10.9.